The van der Waals surface area contributed by atoms with Crippen LogP contribution < -0.4 is 11.1 Å². The zero-order chi connectivity index (χ0) is 45.3. The van der Waals surface area contributed by atoms with E-state index in [9.17, 15) is 28.8 Å². The third-order valence-corrected chi connectivity index (χ3v) is 13.5. The molecule has 5 aliphatic rings. The summed E-state index contributed by atoms with van der Waals surface area (Å²) in [5.74, 6) is 0.173. The van der Waals surface area contributed by atoms with Gasteiger partial charge in [-0.05, 0) is 100 Å². The minimum atomic E-state index is -1.02. The summed E-state index contributed by atoms with van der Waals surface area (Å²) in [7, 11) is 3.67. The molecule has 1 N–H and O–H groups in total. The quantitative estimate of drug-likeness (QED) is 0.264. The molecule has 0 unspecified atom stereocenters. The Kier molecular flexibility index (Phi) is 17.1. The molecule has 17 heteroatoms. The number of likely N-dealkylation sites (N-methyl/N-ethyl adjacent to an activating group) is 1. The van der Waals surface area contributed by atoms with E-state index in [0.717, 1.165) is 80.4 Å². The Morgan fingerprint density at radius 1 is 0.846 bits per heavy atom. The summed E-state index contributed by atoms with van der Waals surface area (Å²) in [6, 6.07) is 11.4. The van der Waals surface area contributed by atoms with E-state index < -0.39 is 18.0 Å². The van der Waals surface area contributed by atoms with Crippen LogP contribution in [0, 0.1) is 12.8 Å². The fourth-order valence-electron chi connectivity index (χ4n) is 9.43. The number of anilines is 1. The molecule has 8 rings (SSSR count). The van der Waals surface area contributed by atoms with Gasteiger partial charge in [0.05, 0.1) is 18.5 Å². The lowest BCUT2D eigenvalue weighted by atomic mass is 9.99. The van der Waals surface area contributed by atoms with Gasteiger partial charge in [0.25, 0.3) is 5.91 Å². The number of hydrogen-bond donors (Lipinski definition) is 1. The topological polar surface area (TPSA) is 170 Å². The van der Waals surface area contributed by atoms with Crippen LogP contribution in [0.4, 0.5) is 15.3 Å². The molecular weight excluding hydrogens is 833 g/mol. The van der Waals surface area contributed by atoms with Crippen LogP contribution in [0.3, 0.4) is 0 Å². The number of aromatic nitrogens is 1. The van der Waals surface area contributed by atoms with Gasteiger partial charge in [0.2, 0.25) is 5.91 Å². The molecule has 65 heavy (non-hydrogen) atoms. The van der Waals surface area contributed by atoms with Crippen molar-refractivity contribution in [2.75, 3.05) is 97.5 Å². The third-order valence-electron chi connectivity index (χ3n) is 13.5. The summed E-state index contributed by atoms with van der Waals surface area (Å²) >= 11 is 0. The Labute approximate surface area is 382 Å². The summed E-state index contributed by atoms with van der Waals surface area (Å²) in [5.41, 5.74) is 4.68. The van der Waals surface area contributed by atoms with Crippen molar-refractivity contribution in [1.82, 2.24) is 34.0 Å². The van der Waals surface area contributed by atoms with Crippen molar-refractivity contribution in [2.45, 2.75) is 91.2 Å². The Morgan fingerprint density at radius 3 is 2.28 bits per heavy atom. The predicted molar refractivity (Wildman–Crippen MR) is 248 cm³/mol. The van der Waals surface area contributed by atoms with Gasteiger partial charge in [-0.25, -0.2) is 14.4 Å². The molecular formula is C48H70N8O9. The van der Waals surface area contributed by atoms with E-state index in [1.807, 2.05) is 49.2 Å². The first kappa shape index (κ1) is 49.0. The second-order valence-electron chi connectivity index (χ2n) is 18.1. The highest BCUT2D eigenvalue weighted by Gasteiger charge is 2.35. The first-order valence-corrected chi connectivity index (χ1v) is 23.2. The van der Waals surface area contributed by atoms with Gasteiger partial charge in [-0.15, -0.1) is 0 Å². The zero-order valence-corrected chi connectivity index (χ0v) is 38.1. The Bertz CT molecular complexity index is 2180. The van der Waals surface area contributed by atoms with E-state index in [-0.39, 0.29) is 43.7 Å². The first-order valence-electron chi connectivity index (χ1n) is 23.2. The fraction of sp³-hybridized carbons (Fsp3) is 0.625. The second-order valence-corrected chi connectivity index (χ2v) is 18.1. The highest BCUT2D eigenvalue weighted by Crippen LogP contribution is 2.26. The van der Waals surface area contributed by atoms with E-state index in [1.165, 1.54) is 17.4 Å². The lowest BCUT2D eigenvalue weighted by Gasteiger charge is -2.38. The molecule has 1 aromatic heterocycles. The fourth-order valence-corrected chi connectivity index (χ4v) is 9.43. The Balaban J connectivity index is 0.000000280. The van der Waals surface area contributed by atoms with Crippen LogP contribution in [0.5, 0.6) is 0 Å². The lowest BCUT2D eigenvalue weighted by Crippen LogP contribution is -2.53. The summed E-state index contributed by atoms with van der Waals surface area (Å²) in [6.07, 6.45) is 5.11. The van der Waals surface area contributed by atoms with E-state index in [2.05, 4.69) is 22.0 Å². The molecule has 356 valence electrons. The van der Waals surface area contributed by atoms with Gasteiger partial charge in [0.15, 0.2) is 11.7 Å². The minimum absolute atomic E-state index is 0. The summed E-state index contributed by atoms with van der Waals surface area (Å²) < 4.78 is 18.1. The van der Waals surface area contributed by atoms with Crippen molar-refractivity contribution in [1.29, 1.82) is 0 Å². The number of nitrogens with one attached hydrogen (secondary N) is 1. The number of piperazine rings is 1. The van der Waals surface area contributed by atoms with Gasteiger partial charge in [-0.3, -0.25) is 19.0 Å². The molecule has 0 saturated carbocycles. The van der Waals surface area contributed by atoms with Crippen molar-refractivity contribution < 1.29 is 37.9 Å². The van der Waals surface area contributed by atoms with Gasteiger partial charge >= 0.3 is 23.8 Å². The minimum Gasteiger partial charge on any atom is -0.464 e. The highest BCUT2D eigenvalue weighted by atomic mass is 16.6. The van der Waals surface area contributed by atoms with E-state index >= 15 is 0 Å². The molecule has 1 atom stereocenters. The molecule has 0 spiro atoms. The molecule has 17 nitrogen and oxygen atoms in total. The number of likely N-dealkylation sites (tertiary alicyclic amines) is 3. The molecule has 0 bridgehead atoms. The van der Waals surface area contributed by atoms with Crippen molar-refractivity contribution >= 4 is 46.7 Å². The standard InChI is InChI=1S/C32H40N6O6.C15H26N2O3.CH4/c1-21-18-22(19-26-28(21)35(3)31(41)43-26)20-27(29(39)36-16-14-34(2)15-17-36)44-32(42)37-11-9-24(10-12-37)38-13-8-23-6-4-5-7-25(23)33-30(38)40;1-13-4-8-16(9-5-13)10-6-15(19)20-12-11-17-7-2-3-14(17)18;/h4-7,18-19,24,27H,8-17,20H2,1-3H3,(H,33,40);13H,2-12H2,1H3;1H4/t27-;;/m1../s1. The number of urea groups is 1. The van der Waals surface area contributed by atoms with E-state index in [4.69, 9.17) is 13.9 Å². The molecule has 3 aromatic rings. The Morgan fingerprint density at radius 2 is 1.57 bits per heavy atom. The smallest absolute Gasteiger partial charge is 0.419 e. The number of nitrogens with zero attached hydrogens (tertiary/aromatic N) is 7. The number of amides is 5. The second kappa shape index (κ2) is 22.7. The number of oxazole rings is 1. The number of aryl methyl sites for hydroxylation is 2. The SMILES string of the molecule is C.CC1CCN(CCC(=O)OCCN2CCCC2=O)CC1.Cc1cc(C[C@@H](OC(=O)N2CCC(N3CCc4ccccc4NC3=O)CC2)C(=O)N2CCN(C)CC2)cc2oc(=O)n(C)c12. The van der Waals surface area contributed by atoms with Gasteiger partial charge in [-0.1, -0.05) is 38.6 Å². The van der Waals surface area contributed by atoms with Crippen LogP contribution in [0.2, 0.25) is 0 Å². The van der Waals surface area contributed by atoms with Gasteiger partial charge in [0, 0.05) is 90.5 Å². The van der Waals surface area contributed by atoms with Crippen LogP contribution >= 0.6 is 0 Å². The van der Waals surface area contributed by atoms with Crippen LogP contribution in [0.1, 0.15) is 76.0 Å². The zero-order valence-electron chi connectivity index (χ0n) is 38.1. The van der Waals surface area contributed by atoms with Crippen molar-refractivity contribution in [3.05, 3.63) is 63.6 Å². The number of fused-ring (bicyclic) bond motifs is 2. The largest absolute Gasteiger partial charge is 0.464 e. The van der Waals surface area contributed by atoms with Crippen molar-refractivity contribution in [3.8, 4) is 0 Å². The number of piperidine rings is 2. The Hall–Kier alpha value is -5.42. The molecule has 0 radical (unpaired) electrons. The summed E-state index contributed by atoms with van der Waals surface area (Å²) in [5, 5.41) is 3.03. The molecule has 6 heterocycles. The first-order chi connectivity index (χ1) is 30.8. The monoisotopic (exact) mass is 903 g/mol. The number of hydrogen-bond acceptors (Lipinski definition) is 11. The number of esters is 1. The normalized spacial score (nSPS) is 19.4. The number of benzene rings is 2. The van der Waals surface area contributed by atoms with Gasteiger partial charge in [0.1, 0.15) is 6.61 Å². The van der Waals surface area contributed by atoms with Crippen LogP contribution in [-0.2, 0) is 43.7 Å². The van der Waals surface area contributed by atoms with Gasteiger partial charge in [-0.2, -0.15) is 0 Å². The lowest BCUT2D eigenvalue weighted by molar-refractivity contribution is -0.145. The number of carbonyl (C=O) groups excluding carboxylic acids is 5. The number of carbonyl (C=O) groups is 5. The molecule has 0 aliphatic carbocycles. The van der Waals surface area contributed by atoms with E-state index in [0.29, 0.717) is 82.7 Å². The number of rotatable bonds is 11. The summed E-state index contributed by atoms with van der Waals surface area (Å²) in [4.78, 5) is 87.0. The van der Waals surface area contributed by atoms with Crippen LogP contribution in [0.25, 0.3) is 11.1 Å². The average molecular weight is 903 g/mol. The predicted octanol–water partition coefficient (Wildman–Crippen LogP) is 4.73. The summed E-state index contributed by atoms with van der Waals surface area (Å²) in [6.45, 7) is 12.9. The average Bonchev–Trinajstić information content (AvgIpc) is 3.77. The maximum atomic E-state index is 13.7. The maximum absolute atomic E-state index is 13.7. The molecule has 2 aromatic carbocycles. The molecule has 4 fully saturated rings. The molecule has 5 amide bonds. The van der Waals surface area contributed by atoms with Crippen molar-refractivity contribution in [3.63, 3.8) is 0 Å². The van der Waals surface area contributed by atoms with Crippen LogP contribution in [-0.4, -0.2) is 168 Å². The van der Waals surface area contributed by atoms with Crippen molar-refractivity contribution in [2.24, 2.45) is 13.0 Å². The maximum Gasteiger partial charge on any atom is 0.419 e. The van der Waals surface area contributed by atoms with E-state index in [1.54, 1.807) is 27.8 Å². The molecule has 4 saturated heterocycles. The van der Waals surface area contributed by atoms with Gasteiger partial charge < -0.3 is 48.6 Å². The third kappa shape index (κ3) is 12.7. The highest BCUT2D eigenvalue weighted by molar-refractivity contribution is 5.91. The number of ether oxygens (including phenoxy) is 2. The number of para-hydroxylation sites is 1. The van der Waals surface area contributed by atoms with Crippen LogP contribution in [0.15, 0.2) is 45.6 Å². The molecule has 5 aliphatic heterocycles.